The molecule has 1 aliphatic heterocycles. The van der Waals surface area contributed by atoms with Crippen LogP contribution in [0.3, 0.4) is 0 Å². The molecule has 0 bridgehead atoms. The number of carbonyl (C=O) groups excluding carboxylic acids is 1. The van der Waals surface area contributed by atoms with Crippen molar-refractivity contribution in [1.82, 2.24) is 34.2 Å². The first-order chi connectivity index (χ1) is 16.9. The highest BCUT2D eigenvalue weighted by Gasteiger charge is 2.27. The van der Waals surface area contributed by atoms with Crippen LogP contribution < -0.4 is 4.74 Å². The Morgan fingerprint density at radius 3 is 2.57 bits per heavy atom. The quantitative estimate of drug-likeness (QED) is 0.420. The van der Waals surface area contributed by atoms with Crippen molar-refractivity contribution in [3.05, 3.63) is 55.5 Å². The molecule has 0 unspecified atom stereocenters. The van der Waals surface area contributed by atoms with Gasteiger partial charge in [0.15, 0.2) is 5.65 Å². The number of carbonyl (C=O) groups is 1. The molecule has 10 heteroatoms. The second-order valence-corrected chi connectivity index (χ2v) is 9.72. The van der Waals surface area contributed by atoms with Crippen LogP contribution in [0.2, 0.25) is 0 Å². The molecule has 35 heavy (non-hydrogen) atoms. The third-order valence-electron chi connectivity index (χ3n) is 5.95. The maximum absolute atomic E-state index is 12.3. The molecular formula is C25H29N7O3. The second kappa shape index (κ2) is 9.36. The van der Waals surface area contributed by atoms with Gasteiger partial charge in [0.1, 0.15) is 23.1 Å². The first-order valence-corrected chi connectivity index (χ1v) is 11.8. The van der Waals surface area contributed by atoms with Crippen LogP contribution in [0.25, 0.3) is 16.7 Å². The number of benzene rings is 1. The number of amides is 1. The van der Waals surface area contributed by atoms with E-state index in [1.165, 1.54) is 6.33 Å². The van der Waals surface area contributed by atoms with Gasteiger partial charge in [-0.3, -0.25) is 0 Å². The molecular weight excluding hydrogens is 446 g/mol. The lowest BCUT2D eigenvalue weighted by Gasteiger charge is -2.33. The molecule has 0 atom stereocenters. The minimum Gasteiger partial charge on any atom is -0.444 e. The SMILES string of the molecule is CC(C)(C)OC(=O)N1CCC(Cn2ncc3c(Oc4ccc(-n5ccnc5)cc4)ncnc32)CC1. The molecule has 0 radical (unpaired) electrons. The molecule has 1 amide bonds. The Morgan fingerprint density at radius 2 is 1.89 bits per heavy atom. The van der Waals surface area contributed by atoms with E-state index >= 15 is 0 Å². The van der Waals surface area contributed by atoms with Gasteiger partial charge in [-0.2, -0.15) is 5.10 Å². The third kappa shape index (κ3) is 5.26. The Hall–Kier alpha value is -3.95. The van der Waals surface area contributed by atoms with Gasteiger partial charge in [0.05, 0.1) is 12.5 Å². The minimum atomic E-state index is -0.483. The lowest BCUT2D eigenvalue weighted by Crippen LogP contribution is -2.42. The number of fused-ring (bicyclic) bond motifs is 1. The van der Waals surface area contributed by atoms with E-state index in [0.717, 1.165) is 36.1 Å². The number of rotatable bonds is 5. The molecule has 1 fully saturated rings. The normalized spacial score (nSPS) is 14.9. The fourth-order valence-corrected chi connectivity index (χ4v) is 4.17. The zero-order valence-electron chi connectivity index (χ0n) is 20.2. The van der Waals surface area contributed by atoms with E-state index in [2.05, 4.69) is 20.1 Å². The van der Waals surface area contributed by atoms with E-state index in [-0.39, 0.29) is 6.09 Å². The lowest BCUT2D eigenvalue weighted by molar-refractivity contribution is 0.0177. The van der Waals surface area contributed by atoms with Crippen molar-refractivity contribution in [2.75, 3.05) is 13.1 Å². The third-order valence-corrected chi connectivity index (χ3v) is 5.95. The van der Waals surface area contributed by atoms with Crippen molar-refractivity contribution in [2.24, 2.45) is 5.92 Å². The number of likely N-dealkylation sites (tertiary alicyclic amines) is 1. The Labute approximate surface area is 203 Å². The average Bonchev–Trinajstić information content (AvgIpc) is 3.50. The number of aromatic nitrogens is 6. The molecule has 5 rings (SSSR count). The van der Waals surface area contributed by atoms with Gasteiger partial charge in [0.2, 0.25) is 5.88 Å². The Kier molecular flexibility index (Phi) is 6.10. The topological polar surface area (TPSA) is 100 Å². The maximum Gasteiger partial charge on any atom is 0.410 e. The van der Waals surface area contributed by atoms with Crippen LogP contribution in [0, 0.1) is 5.92 Å². The molecule has 10 nitrogen and oxygen atoms in total. The summed E-state index contributed by atoms with van der Waals surface area (Å²) in [4.78, 5) is 27.0. The smallest absolute Gasteiger partial charge is 0.410 e. The number of piperidine rings is 1. The van der Waals surface area contributed by atoms with Gasteiger partial charge in [0.25, 0.3) is 0 Å². The highest BCUT2D eigenvalue weighted by molar-refractivity contribution is 5.80. The van der Waals surface area contributed by atoms with Gasteiger partial charge in [0, 0.05) is 37.7 Å². The molecule has 3 aromatic heterocycles. The number of hydrogen-bond donors (Lipinski definition) is 0. The molecule has 1 aromatic carbocycles. The second-order valence-electron chi connectivity index (χ2n) is 9.72. The molecule has 0 spiro atoms. The first kappa shape index (κ1) is 22.8. The van der Waals surface area contributed by atoms with Crippen LogP contribution in [0.1, 0.15) is 33.6 Å². The highest BCUT2D eigenvalue weighted by atomic mass is 16.6. The predicted octanol–water partition coefficient (Wildman–Crippen LogP) is 4.45. The van der Waals surface area contributed by atoms with Gasteiger partial charge in [-0.15, -0.1) is 0 Å². The van der Waals surface area contributed by atoms with Crippen LogP contribution >= 0.6 is 0 Å². The summed E-state index contributed by atoms with van der Waals surface area (Å²) in [6, 6.07) is 7.71. The van der Waals surface area contributed by atoms with Gasteiger partial charge < -0.3 is 18.9 Å². The molecule has 1 saturated heterocycles. The summed E-state index contributed by atoms with van der Waals surface area (Å²) in [5, 5.41) is 5.32. The molecule has 0 N–H and O–H groups in total. The summed E-state index contributed by atoms with van der Waals surface area (Å²) < 4.78 is 15.4. The van der Waals surface area contributed by atoms with E-state index in [9.17, 15) is 4.79 Å². The van der Waals surface area contributed by atoms with Gasteiger partial charge in [-0.1, -0.05) is 0 Å². The number of nitrogens with zero attached hydrogens (tertiary/aromatic N) is 7. The molecule has 4 aromatic rings. The van der Waals surface area contributed by atoms with Crippen LogP contribution in [0.15, 0.2) is 55.5 Å². The largest absolute Gasteiger partial charge is 0.444 e. The highest BCUT2D eigenvalue weighted by Crippen LogP contribution is 2.28. The Balaban J connectivity index is 1.23. The summed E-state index contributed by atoms with van der Waals surface area (Å²) in [7, 11) is 0. The van der Waals surface area contributed by atoms with Gasteiger partial charge >= 0.3 is 6.09 Å². The minimum absolute atomic E-state index is 0.243. The standard InChI is InChI=1S/C25H29N7O3/c1-25(2,3)35-24(33)30-11-8-18(9-12-30)15-32-22-21(14-29-32)23(28-16-27-22)34-20-6-4-19(5-7-20)31-13-10-26-17-31/h4-7,10,13-14,16-18H,8-9,11-12,15H2,1-3H3. The molecule has 4 heterocycles. The van der Waals surface area contributed by atoms with Crippen LogP contribution in [0.5, 0.6) is 11.6 Å². The van der Waals surface area contributed by atoms with E-state index < -0.39 is 5.60 Å². The van der Waals surface area contributed by atoms with E-state index in [4.69, 9.17) is 9.47 Å². The summed E-state index contributed by atoms with van der Waals surface area (Å²) in [6.07, 6.45) is 10.2. The monoisotopic (exact) mass is 475 g/mol. The Morgan fingerprint density at radius 1 is 1.11 bits per heavy atom. The molecule has 0 aliphatic carbocycles. The fourth-order valence-electron chi connectivity index (χ4n) is 4.17. The number of hydrogen-bond acceptors (Lipinski definition) is 7. The fraction of sp³-hybridized carbons (Fsp3) is 0.400. The summed E-state index contributed by atoms with van der Waals surface area (Å²) in [5.74, 6) is 1.54. The predicted molar refractivity (Wildman–Crippen MR) is 129 cm³/mol. The van der Waals surface area contributed by atoms with Crippen molar-refractivity contribution in [3.8, 4) is 17.3 Å². The summed E-state index contributed by atoms with van der Waals surface area (Å²) in [5.41, 5.74) is 1.25. The van der Waals surface area contributed by atoms with Crippen molar-refractivity contribution in [2.45, 2.75) is 45.8 Å². The van der Waals surface area contributed by atoms with Crippen molar-refractivity contribution >= 4 is 17.1 Å². The van der Waals surface area contributed by atoms with Gasteiger partial charge in [-0.25, -0.2) is 24.4 Å². The van der Waals surface area contributed by atoms with Crippen LogP contribution in [0.4, 0.5) is 4.79 Å². The van der Waals surface area contributed by atoms with E-state index in [1.807, 2.05) is 60.5 Å². The summed E-state index contributed by atoms with van der Waals surface area (Å²) in [6.45, 7) is 7.74. The van der Waals surface area contributed by atoms with E-state index in [0.29, 0.717) is 30.6 Å². The average molecular weight is 476 g/mol. The van der Waals surface area contributed by atoms with Gasteiger partial charge in [-0.05, 0) is 63.8 Å². The van der Waals surface area contributed by atoms with Crippen LogP contribution in [-0.4, -0.2) is 59.0 Å². The number of ether oxygens (including phenoxy) is 2. The molecule has 1 aliphatic rings. The Bertz CT molecular complexity index is 1290. The van der Waals surface area contributed by atoms with E-state index in [1.54, 1.807) is 23.6 Å². The van der Waals surface area contributed by atoms with Crippen molar-refractivity contribution in [3.63, 3.8) is 0 Å². The lowest BCUT2D eigenvalue weighted by atomic mass is 9.97. The zero-order valence-corrected chi connectivity index (χ0v) is 20.2. The zero-order chi connectivity index (χ0) is 24.4. The van der Waals surface area contributed by atoms with Crippen molar-refractivity contribution < 1.29 is 14.3 Å². The molecule has 182 valence electrons. The van der Waals surface area contributed by atoms with Crippen LogP contribution in [-0.2, 0) is 11.3 Å². The molecule has 0 saturated carbocycles. The maximum atomic E-state index is 12.3. The summed E-state index contributed by atoms with van der Waals surface area (Å²) >= 11 is 0. The van der Waals surface area contributed by atoms with Crippen molar-refractivity contribution in [1.29, 1.82) is 0 Å². The number of imidazole rings is 1. The first-order valence-electron chi connectivity index (χ1n) is 11.8.